The number of nitrogens with two attached hydrogens (primary N) is 1. The first-order chi connectivity index (χ1) is 29.3. The predicted molar refractivity (Wildman–Crippen MR) is 241 cm³/mol. The van der Waals surface area contributed by atoms with E-state index in [4.69, 9.17) is 10.8 Å². The summed E-state index contributed by atoms with van der Waals surface area (Å²) < 4.78 is 29.0. The molecule has 0 aliphatic heterocycles. The number of hydrogen-bond donors (Lipinski definition) is 5. The Bertz CT molecular complexity index is 2430. The van der Waals surface area contributed by atoms with Gasteiger partial charge < -0.3 is 21.1 Å². The van der Waals surface area contributed by atoms with Gasteiger partial charge in [0.15, 0.2) is 0 Å². The molecule has 316 valence electrons. The summed E-state index contributed by atoms with van der Waals surface area (Å²) in [6, 6.07) is 16.5. The van der Waals surface area contributed by atoms with Gasteiger partial charge in [-0.3, -0.25) is 24.9 Å². The SMILES string of the molecule is Nc1ncc(-c2ccccc2F)cn1.O=C(Nc1ncc(-c2ccccc2F)cn1)C1CCC(O)(c2ccncc2I)CC1.O=C(O)C1CCC(O)(c2ccncc2I)CC1. The van der Waals surface area contributed by atoms with Crippen LogP contribution in [0.25, 0.3) is 22.3 Å². The van der Waals surface area contributed by atoms with Crippen molar-refractivity contribution in [3.8, 4) is 22.3 Å². The van der Waals surface area contributed by atoms with Gasteiger partial charge in [-0.2, -0.15) is 0 Å². The number of hydrogen-bond acceptors (Lipinski definition) is 11. The summed E-state index contributed by atoms with van der Waals surface area (Å²) >= 11 is 4.33. The number of carbonyl (C=O) groups excluding carboxylic acids is 1. The van der Waals surface area contributed by atoms with Crippen molar-refractivity contribution < 1.29 is 33.7 Å². The Morgan fingerprint density at radius 2 is 1.05 bits per heavy atom. The molecule has 2 fully saturated rings. The number of anilines is 2. The van der Waals surface area contributed by atoms with E-state index in [0.717, 1.165) is 18.3 Å². The molecule has 6 aromatic rings. The number of aliphatic carboxylic acids is 1. The zero-order valence-corrected chi connectivity index (χ0v) is 36.9. The van der Waals surface area contributed by atoms with Crippen LogP contribution in [0.4, 0.5) is 20.7 Å². The second kappa shape index (κ2) is 20.6. The van der Waals surface area contributed by atoms with E-state index >= 15 is 0 Å². The van der Waals surface area contributed by atoms with Crippen LogP contribution in [0, 0.1) is 30.6 Å². The number of halogens is 4. The maximum atomic E-state index is 13.9. The molecule has 2 aliphatic rings. The Labute approximate surface area is 378 Å². The smallest absolute Gasteiger partial charge is 0.306 e. The van der Waals surface area contributed by atoms with Gasteiger partial charge in [0.1, 0.15) is 11.6 Å². The molecular formula is C44H42F2I2N8O5. The van der Waals surface area contributed by atoms with Gasteiger partial charge >= 0.3 is 5.97 Å². The number of amides is 1. The van der Waals surface area contributed by atoms with E-state index in [0.29, 0.717) is 73.6 Å². The average molecular weight is 1050 g/mol. The minimum absolute atomic E-state index is 0.167. The maximum absolute atomic E-state index is 13.9. The van der Waals surface area contributed by atoms with Crippen LogP contribution in [-0.2, 0) is 20.8 Å². The van der Waals surface area contributed by atoms with E-state index < -0.39 is 17.2 Å². The summed E-state index contributed by atoms with van der Waals surface area (Å²) in [6.07, 6.45) is 17.0. The lowest BCUT2D eigenvalue weighted by molar-refractivity contribution is -0.145. The molecule has 0 bridgehead atoms. The monoisotopic (exact) mass is 1050 g/mol. The van der Waals surface area contributed by atoms with Gasteiger partial charge in [-0.1, -0.05) is 36.4 Å². The molecule has 0 atom stereocenters. The van der Waals surface area contributed by atoms with E-state index in [1.165, 1.54) is 36.9 Å². The predicted octanol–water partition coefficient (Wildman–Crippen LogP) is 8.31. The molecular weight excluding hydrogens is 1010 g/mol. The molecule has 13 nitrogen and oxygen atoms in total. The summed E-state index contributed by atoms with van der Waals surface area (Å²) in [5, 5.41) is 33.3. The summed E-state index contributed by atoms with van der Waals surface area (Å²) in [6.45, 7) is 0. The van der Waals surface area contributed by atoms with E-state index in [1.807, 2.05) is 12.1 Å². The fraction of sp³-hybridized carbons (Fsp3) is 0.273. The normalized spacial score (nSPS) is 20.8. The van der Waals surface area contributed by atoms with Crippen LogP contribution >= 0.6 is 45.2 Å². The number of aromatic nitrogens is 6. The fourth-order valence-electron chi connectivity index (χ4n) is 7.36. The topological polar surface area (TPSA) is 210 Å². The molecule has 8 rings (SSSR count). The largest absolute Gasteiger partial charge is 0.481 e. The summed E-state index contributed by atoms with van der Waals surface area (Å²) in [5.41, 5.74) is 7.30. The van der Waals surface area contributed by atoms with E-state index in [1.54, 1.807) is 61.2 Å². The Morgan fingerprint density at radius 1 is 0.639 bits per heavy atom. The third-order valence-corrected chi connectivity index (χ3v) is 12.5. The highest BCUT2D eigenvalue weighted by molar-refractivity contribution is 14.1. The van der Waals surface area contributed by atoms with Gasteiger partial charge in [-0.05, 0) is 132 Å². The minimum Gasteiger partial charge on any atom is -0.481 e. The molecule has 4 aromatic heterocycles. The molecule has 0 spiro atoms. The Morgan fingerprint density at radius 3 is 1.46 bits per heavy atom. The summed E-state index contributed by atoms with van der Waals surface area (Å²) in [4.78, 5) is 47.5. The van der Waals surface area contributed by atoms with Gasteiger partial charge in [0.25, 0.3) is 0 Å². The lowest BCUT2D eigenvalue weighted by atomic mass is 9.75. The number of nitrogens with one attached hydrogen (secondary N) is 1. The van der Waals surface area contributed by atoms with Crippen molar-refractivity contribution in [3.63, 3.8) is 0 Å². The number of nitrogens with zero attached hydrogens (tertiary/aromatic N) is 6. The Hall–Kier alpha value is -5.12. The number of pyridine rings is 2. The van der Waals surface area contributed by atoms with Crippen LogP contribution in [-0.4, -0.2) is 57.1 Å². The third kappa shape index (κ3) is 11.6. The third-order valence-electron chi connectivity index (χ3n) is 10.8. The highest BCUT2D eigenvalue weighted by Crippen LogP contribution is 2.42. The zero-order chi connectivity index (χ0) is 43.6. The first-order valence-electron chi connectivity index (χ1n) is 19.3. The summed E-state index contributed by atoms with van der Waals surface area (Å²) in [7, 11) is 0. The van der Waals surface area contributed by atoms with Gasteiger partial charge in [0.2, 0.25) is 17.8 Å². The van der Waals surface area contributed by atoms with Crippen LogP contribution in [0.5, 0.6) is 0 Å². The van der Waals surface area contributed by atoms with Crippen molar-refractivity contribution in [1.82, 2.24) is 29.9 Å². The molecule has 4 heterocycles. The number of benzene rings is 2. The Balaban J connectivity index is 0.000000169. The van der Waals surface area contributed by atoms with Crippen LogP contribution in [0.1, 0.15) is 62.5 Å². The van der Waals surface area contributed by atoms with Gasteiger partial charge in [0, 0.05) is 84.9 Å². The molecule has 0 radical (unpaired) electrons. The molecule has 2 saturated carbocycles. The van der Waals surface area contributed by atoms with Gasteiger partial charge in [-0.15, -0.1) is 0 Å². The molecule has 2 aliphatic carbocycles. The Kier molecular flexibility index (Phi) is 15.4. The van der Waals surface area contributed by atoms with Crippen molar-refractivity contribution in [3.05, 3.63) is 140 Å². The van der Waals surface area contributed by atoms with Crippen LogP contribution in [0.15, 0.2) is 110 Å². The summed E-state index contributed by atoms with van der Waals surface area (Å²) in [5.74, 6) is -1.72. The van der Waals surface area contributed by atoms with Gasteiger partial charge in [-0.25, -0.2) is 28.7 Å². The van der Waals surface area contributed by atoms with Crippen molar-refractivity contribution in [2.45, 2.75) is 62.6 Å². The van der Waals surface area contributed by atoms with Crippen LogP contribution in [0.2, 0.25) is 0 Å². The van der Waals surface area contributed by atoms with E-state index in [-0.39, 0.29) is 41.3 Å². The number of carboxylic acid groups (broad SMARTS) is 1. The lowest BCUT2D eigenvalue weighted by Gasteiger charge is -2.36. The molecule has 0 saturated heterocycles. The van der Waals surface area contributed by atoms with E-state index in [9.17, 15) is 28.6 Å². The fourth-order valence-corrected chi connectivity index (χ4v) is 9.04. The molecule has 6 N–H and O–H groups in total. The number of carboxylic acids is 1. The first kappa shape index (κ1) is 45.4. The lowest BCUT2D eigenvalue weighted by Crippen LogP contribution is -2.36. The van der Waals surface area contributed by atoms with E-state index in [2.05, 4.69) is 80.4 Å². The average Bonchev–Trinajstić information content (AvgIpc) is 3.26. The van der Waals surface area contributed by atoms with Crippen molar-refractivity contribution in [2.24, 2.45) is 11.8 Å². The molecule has 1 amide bonds. The van der Waals surface area contributed by atoms with Crippen LogP contribution in [0.3, 0.4) is 0 Å². The molecule has 17 heteroatoms. The molecule has 0 unspecified atom stereocenters. The second-order valence-electron chi connectivity index (χ2n) is 14.7. The number of rotatable bonds is 7. The number of nitrogen functional groups attached to an aromatic ring is 1. The van der Waals surface area contributed by atoms with Crippen molar-refractivity contribution >= 4 is 69.0 Å². The molecule has 2 aromatic carbocycles. The highest BCUT2D eigenvalue weighted by atomic mass is 127. The maximum Gasteiger partial charge on any atom is 0.306 e. The number of aliphatic hydroxyl groups is 2. The zero-order valence-electron chi connectivity index (χ0n) is 32.6. The van der Waals surface area contributed by atoms with Crippen molar-refractivity contribution in [1.29, 1.82) is 0 Å². The van der Waals surface area contributed by atoms with Crippen LogP contribution < -0.4 is 11.1 Å². The minimum atomic E-state index is -0.936. The molecule has 61 heavy (non-hydrogen) atoms. The first-order valence-corrected chi connectivity index (χ1v) is 21.5. The second-order valence-corrected chi connectivity index (χ2v) is 17.1. The standard InChI is InChI=1S/C22H20FIN4O2.C12H14INO3.C10H8FN3/c23-18-4-2-1-3-16(18)15-11-26-21(27-12-15)28-20(29)14-5-8-22(30,9-6-14)17-7-10-25-13-19(17)24;13-10-7-14-6-3-9(10)12(17)4-1-8(2-5-12)11(15)16;11-9-4-2-1-3-8(9)7-5-13-10(12)14-6-7/h1-4,7,10-14,30H,5-6,8-9H2,(H,26,27,28,29);3,6-8,17H,1-2,4-5H2,(H,15,16);1-6H,(H2,12,13,14). The quantitative estimate of drug-likeness (QED) is 0.0957. The highest BCUT2D eigenvalue weighted by Gasteiger charge is 2.39. The van der Waals surface area contributed by atoms with Crippen molar-refractivity contribution in [2.75, 3.05) is 11.1 Å². The number of carbonyl (C=O) groups is 2. The van der Waals surface area contributed by atoms with Gasteiger partial charge in [0.05, 0.1) is 17.1 Å².